The van der Waals surface area contributed by atoms with Gasteiger partial charge in [-0.3, -0.25) is 9.78 Å². The van der Waals surface area contributed by atoms with Gasteiger partial charge in [0.05, 0.1) is 11.9 Å². The summed E-state index contributed by atoms with van der Waals surface area (Å²) in [6, 6.07) is 12.9. The number of rotatable bonds is 6. The lowest BCUT2D eigenvalue weighted by Crippen LogP contribution is -2.28. The van der Waals surface area contributed by atoms with Crippen LogP contribution in [0.5, 0.6) is 0 Å². The molecule has 120 valence electrons. The van der Waals surface area contributed by atoms with Crippen LogP contribution in [0.25, 0.3) is 0 Å². The third-order valence-corrected chi connectivity index (χ3v) is 3.16. The third kappa shape index (κ3) is 4.62. The molecule has 23 heavy (non-hydrogen) atoms. The average molecular weight is 313 g/mol. The van der Waals surface area contributed by atoms with Crippen LogP contribution in [-0.4, -0.2) is 41.2 Å². The molecule has 2 aromatic rings. The number of aromatic nitrogens is 1. The number of aliphatic hydroxyl groups excluding tert-OH is 1. The molecule has 0 fully saturated rings. The normalized spacial score (nSPS) is 12.1. The summed E-state index contributed by atoms with van der Waals surface area (Å²) in [6.45, 7) is 0.332. The van der Waals surface area contributed by atoms with E-state index in [1.54, 1.807) is 32.4 Å². The van der Waals surface area contributed by atoms with Gasteiger partial charge in [0, 0.05) is 25.9 Å². The molecule has 0 radical (unpaired) electrons. The van der Waals surface area contributed by atoms with Crippen LogP contribution in [0, 0.1) is 0 Å². The van der Waals surface area contributed by atoms with E-state index in [2.05, 4.69) is 10.1 Å². The number of benzene rings is 1. The number of carbonyl (C=O) groups is 1. The number of hydrogen-bond acceptors (Lipinski definition) is 5. The van der Waals surface area contributed by atoms with Crippen molar-refractivity contribution in [3.8, 4) is 0 Å². The van der Waals surface area contributed by atoms with Crippen LogP contribution in [-0.2, 0) is 16.2 Å². The van der Waals surface area contributed by atoms with Crippen molar-refractivity contribution >= 4 is 12.1 Å². The van der Waals surface area contributed by atoms with Gasteiger partial charge in [0.2, 0.25) is 0 Å². The van der Waals surface area contributed by atoms with Crippen LogP contribution in [0.1, 0.15) is 22.9 Å². The SMILES string of the molecule is CN(C)C(=O)C(O)c1cccnc1C=NOCc1ccccc1. The van der Waals surface area contributed by atoms with Gasteiger partial charge in [-0.2, -0.15) is 0 Å². The van der Waals surface area contributed by atoms with Crippen LogP contribution in [0.3, 0.4) is 0 Å². The Hall–Kier alpha value is -2.73. The van der Waals surface area contributed by atoms with Gasteiger partial charge >= 0.3 is 0 Å². The Morgan fingerprint density at radius 3 is 2.74 bits per heavy atom. The topological polar surface area (TPSA) is 75.0 Å². The zero-order valence-electron chi connectivity index (χ0n) is 13.1. The highest BCUT2D eigenvalue weighted by Crippen LogP contribution is 2.16. The number of nitrogens with zero attached hydrogens (tertiary/aromatic N) is 3. The minimum absolute atomic E-state index is 0.332. The highest BCUT2D eigenvalue weighted by molar-refractivity contribution is 5.86. The molecular weight excluding hydrogens is 294 g/mol. The van der Waals surface area contributed by atoms with Crippen molar-refractivity contribution in [3.63, 3.8) is 0 Å². The fourth-order valence-corrected chi connectivity index (χ4v) is 1.92. The average Bonchev–Trinajstić information content (AvgIpc) is 2.58. The first-order valence-corrected chi connectivity index (χ1v) is 7.13. The van der Waals surface area contributed by atoms with E-state index in [-0.39, 0.29) is 0 Å². The van der Waals surface area contributed by atoms with Crippen molar-refractivity contribution in [2.24, 2.45) is 5.16 Å². The molecular formula is C17H19N3O3. The van der Waals surface area contributed by atoms with Gasteiger partial charge in [0.1, 0.15) is 6.61 Å². The Labute approximate surface area is 135 Å². The second-order valence-electron chi connectivity index (χ2n) is 5.11. The largest absolute Gasteiger partial charge is 0.391 e. The van der Waals surface area contributed by atoms with E-state index < -0.39 is 12.0 Å². The minimum Gasteiger partial charge on any atom is -0.391 e. The molecule has 0 saturated heterocycles. The predicted octanol–water partition coefficient (Wildman–Crippen LogP) is 1.75. The van der Waals surface area contributed by atoms with E-state index in [1.165, 1.54) is 11.1 Å². The van der Waals surface area contributed by atoms with Crippen LogP contribution in [0.2, 0.25) is 0 Å². The van der Waals surface area contributed by atoms with Crippen molar-refractivity contribution in [3.05, 3.63) is 65.5 Å². The number of pyridine rings is 1. The maximum atomic E-state index is 11.9. The molecule has 1 aromatic heterocycles. The number of aliphatic hydroxyl groups is 1. The molecule has 0 bridgehead atoms. The Kier molecular flexibility index (Phi) is 5.82. The molecule has 1 unspecified atom stereocenters. The fraction of sp³-hybridized carbons (Fsp3) is 0.235. The fourth-order valence-electron chi connectivity index (χ4n) is 1.92. The molecule has 1 heterocycles. The third-order valence-electron chi connectivity index (χ3n) is 3.16. The second kappa shape index (κ2) is 8.05. The summed E-state index contributed by atoms with van der Waals surface area (Å²) in [6.07, 6.45) is 1.67. The zero-order valence-corrected chi connectivity index (χ0v) is 13.1. The molecule has 1 amide bonds. The summed E-state index contributed by atoms with van der Waals surface area (Å²) in [5, 5.41) is 14.0. The van der Waals surface area contributed by atoms with E-state index in [4.69, 9.17) is 4.84 Å². The highest BCUT2D eigenvalue weighted by Gasteiger charge is 2.21. The number of amides is 1. The first kappa shape index (κ1) is 16.6. The Balaban J connectivity index is 2.05. The molecule has 6 nitrogen and oxygen atoms in total. The molecule has 0 aliphatic rings. The van der Waals surface area contributed by atoms with Gasteiger partial charge in [-0.1, -0.05) is 41.6 Å². The van der Waals surface area contributed by atoms with Crippen molar-refractivity contribution < 1.29 is 14.7 Å². The first-order valence-electron chi connectivity index (χ1n) is 7.13. The van der Waals surface area contributed by atoms with Crippen LogP contribution >= 0.6 is 0 Å². The van der Waals surface area contributed by atoms with Gasteiger partial charge in [0.15, 0.2) is 6.10 Å². The summed E-state index contributed by atoms with van der Waals surface area (Å²) < 4.78 is 0. The van der Waals surface area contributed by atoms with Gasteiger partial charge in [-0.05, 0) is 11.6 Å². The summed E-state index contributed by atoms with van der Waals surface area (Å²) in [4.78, 5) is 22.6. The lowest BCUT2D eigenvalue weighted by atomic mass is 10.1. The molecule has 1 N–H and O–H groups in total. The van der Waals surface area contributed by atoms with Gasteiger partial charge in [0.25, 0.3) is 5.91 Å². The van der Waals surface area contributed by atoms with Crippen LogP contribution in [0.15, 0.2) is 53.8 Å². The van der Waals surface area contributed by atoms with E-state index in [0.29, 0.717) is 17.9 Å². The molecule has 0 aliphatic carbocycles. The lowest BCUT2D eigenvalue weighted by Gasteiger charge is -2.16. The van der Waals surface area contributed by atoms with Gasteiger partial charge in [-0.25, -0.2) is 0 Å². The molecule has 1 aromatic carbocycles. The summed E-state index contributed by atoms with van der Waals surface area (Å²) in [5.41, 5.74) is 1.77. The molecule has 2 rings (SSSR count). The summed E-state index contributed by atoms with van der Waals surface area (Å²) >= 11 is 0. The molecule has 6 heteroatoms. The van der Waals surface area contributed by atoms with Crippen LogP contribution < -0.4 is 0 Å². The number of hydrogen-bond donors (Lipinski definition) is 1. The molecule has 0 aliphatic heterocycles. The smallest absolute Gasteiger partial charge is 0.255 e. The van der Waals surface area contributed by atoms with Crippen LogP contribution in [0.4, 0.5) is 0 Å². The number of likely N-dealkylation sites (N-methyl/N-ethyl adjacent to an activating group) is 1. The lowest BCUT2D eigenvalue weighted by molar-refractivity contribution is -0.137. The van der Waals surface area contributed by atoms with Gasteiger partial charge in [-0.15, -0.1) is 0 Å². The first-order chi connectivity index (χ1) is 11.1. The maximum Gasteiger partial charge on any atom is 0.255 e. The number of carbonyl (C=O) groups excluding carboxylic acids is 1. The maximum absolute atomic E-state index is 11.9. The van der Waals surface area contributed by atoms with E-state index in [9.17, 15) is 9.90 Å². The zero-order chi connectivity index (χ0) is 16.7. The Morgan fingerprint density at radius 1 is 1.30 bits per heavy atom. The summed E-state index contributed by atoms with van der Waals surface area (Å²) in [5.74, 6) is -0.419. The monoisotopic (exact) mass is 313 g/mol. The van der Waals surface area contributed by atoms with Crippen molar-refractivity contribution in [1.29, 1.82) is 0 Å². The predicted molar refractivity (Wildman–Crippen MR) is 86.7 cm³/mol. The van der Waals surface area contributed by atoms with Gasteiger partial charge < -0.3 is 14.8 Å². The Morgan fingerprint density at radius 2 is 2.04 bits per heavy atom. The van der Waals surface area contributed by atoms with Crippen molar-refractivity contribution in [2.45, 2.75) is 12.7 Å². The second-order valence-corrected chi connectivity index (χ2v) is 5.11. The molecule has 0 saturated carbocycles. The number of oxime groups is 1. The molecule has 1 atom stereocenters. The standard InChI is InChI=1S/C17H19N3O3/c1-20(2)17(22)16(21)14-9-6-10-18-15(14)11-19-23-12-13-7-4-3-5-8-13/h3-11,16,21H,12H2,1-2H3. The quantitative estimate of drug-likeness (QED) is 0.651. The van der Waals surface area contributed by atoms with E-state index in [0.717, 1.165) is 5.56 Å². The van der Waals surface area contributed by atoms with Crippen molar-refractivity contribution in [2.75, 3.05) is 14.1 Å². The minimum atomic E-state index is -1.28. The van der Waals surface area contributed by atoms with E-state index >= 15 is 0 Å². The molecule has 0 spiro atoms. The Bertz CT molecular complexity index is 672. The van der Waals surface area contributed by atoms with E-state index in [1.807, 2.05) is 30.3 Å². The van der Waals surface area contributed by atoms with Crippen molar-refractivity contribution in [1.82, 2.24) is 9.88 Å². The summed E-state index contributed by atoms with van der Waals surface area (Å²) in [7, 11) is 3.16. The highest BCUT2D eigenvalue weighted by atomic mass is 16.6.